The number of carbonyl (C=O) groups excluding carboxylic acids is 1. The minimum absolute atomic E-state index is 0.0189. The SMILES string of the molecule is CC1CC(NC(=O)C(SCc2ccccc2)C(C)C)CCN1. The third-order valence-corrected chi connectivity index (χ3v) is 5.72. The van der Waals surface area contributed by atoms with E-state index in [1.165, 1.54) is 5.56 Å². The second-order valence-corrected chi connectivity index (χ2v) is 7.68. The molecule has 1 aromatic rings. The van der Waals surface area contributed by atoms with Gasteiger partial charge in [-0.3, -0.25) is 4.79 Å². The maximum absolute atomic E-state index is 12.6. The van der Waals surface area contributed by atoms with E-state index < -0.39 is 0 Å². The van der Waals surface area contributed by atoms with Crippen LogP contribution in [0, 0.1) is 5.92 Å². The maximum Gasteiger partial charge on any atom is 0.233 e. The Morgan fingerprint density at radius 1 is 1.36 bits per heavy atom. The molecule has 2 rings (SSSR count). The van der Waals surface area contributed by atoms with Crippen molar-refractivity contribution in [2.45, 2.75) is 56.7 Å². The van der Waals surface area contributed by atoms with Gasteiger partial charge in [-0.1, -0.05) is 44.2 Å². The molecule has 22 heavy (non-hydrogen) atoms. The highest BCUT2D eigenvalue weighted by atomic mass is 32.2. The van der Waals surface area contributed by atoms with Crippen LogP contribution in [0.5, 0.6) is 0 Å². The largest absolute Gasteiger partial charge is 0.352 e. The van der Waals surface area contributed by atoms with Crippen molar-refractivity contribution in [3.8, 4) is 0 Å². The minimum atomic E-state index is 0.0189. The number of hydrogen-bond acceptors (Lipinski definition) is 3. The Hall–Kier alpha value is -1.00. The van der Waals surface area contributed by atoms with Crippen molar-refractivity contribution in [1.29, 1.82) is 0 Å². The Labute approximate surface area is 138 Å². The van der Waals surface area contributed by atoms with Crippen LogP contribution in [0.4, 0.5) is 0 Å². The molecule has 0 radical (unpaired) electrons. The van der Waals surface area contributed by atoms with E-state index in [1.807, 2.05) is 6.07 Å². The van der Waals surface area contributed by atoms with Gasteiger partial charge in [0.1, 0.15) is 0 Å². The fourth-order valence-corrected chi connectivity index (χ4v) is 4.05. The van der Waals surface area contributed by atoms with E-state index in [-0.39, 0.29) is 11.2 Å². The molecular weight excluding hydrogens is 292 g/mol. The van der Waals surface area contributed by atoms with Gasteiger partial charge in [-0.25, -0.2) is 0 Å². The van der Waals surface area contributed by atoms with Crippen LogP contribution in [0.15, 0.2) is 30.3 Å². The summed E-state index contributed by atoms with van der Waals surface area (Å²) < 4.78 is 0. The average molecular weight is 321 g/mol. The zero-order valence-electron chi connectivity index (χ0n) is 13.8. The number of carbonyl (C=O) groups is 1. The number of hydrogen-bond donors (Lipinski definition) is 2. The summed E-state index contributed by atoms with van der Waals surface area (Å²) in [6, 6.07) is 11.2. The first-order valence-electron chi connectivity index (χ1n) is 8.25. The van der Waals surface area contributed by atoms with Crippen LogP contribution in [0.1, 0.15) is 39.2 Å². The van der Waals surface area contributed by atoms with Crippen LogP contribution in [0.3, 0.4) is 0 Å². The Morgan fingerprint density at radius 2 is 2.09 bits per heavy atom. The Balaban J connectivity index is 1.88. The lowest BCUT2D eigenvalue weighted by atomic mass is 10.00. The van der Waals surface area contributed by atoms with Gasteiger partial charge in [-0.05, 0) is 37.8 Å². The number of thioether (sulfide) groups is 1. The molecule has 1 aliphatic rings. The summed E-state index contributed by atoms with van der Waals surface area (Å²) in [6.45, 7) is 7.44. The minimum Gasteiger partial charge on any atom is -0.352 e. The third-order valence-electron chi connectivity index (χ3n) is 4.11. The van der Waals surface area contributed by atoms with E-state index >= 15 is 0 Å². The summed E-state index contributed by atoms with van der Waals surface area (Å²) in [6.07, 6.45) is 2.06. The number of rotatable bonds is 6. The van der Waals surface area contributed by atoms with Gasteiger partial charge in [-0.2, -0.15) is 0 Å². The summed E-state index contributed by atoms with van der Waals surface area (Å²) in [4.78, 5) is 12.6. The van der Waals surface area contributed by atoms with Gasteiger partial charge in [0.15, 0.2) is 0 Å². The smallest absolute Gasteiger partial charge is 0.233 e. The molecule has 1 fully saturated rings. The van der Waals surface area contributed by atoms with Crippen LogP contribution in [0.25, 0.3) is 0 Å². The Bertz CT molecular complexity index is 463. The summed E-state index contributed by atoms with van der Waals surface area (Å²) >= 11 is 1.75. The molecule has 3 nitrogen and oxygen atoms in total. The van der Waals surface area contributed by atoms with E-state index in [0.29, 0.717) is 18.0 Å². The molecule has 2 N–H and O–H groups in total. The average Bonchev–Trinajstić information content (AvgIpc) is 2.48. The number of amides is 1. The van der Waals surface area contributed by atoms with Crippen molar-refractivity contribution in [1.82, 2.24) is 10.6 Å². The zero-order chi connectivity index (χ0) is 15.9. The van der Waals surface area contributed by atoms with E-state index in [0.717, 1.165) is 25.1 Å². The van der Waals surface area contributed by atoms with Crippen LogP contribution in [0.2, 0.25) is 0 Å². The number of piperidine rings is 1. The van der Waals surface area contributed by atoms with E-state index in [1.54, 1.807) is 11.8 Å². The Morgan fingerprint density at radius 3 is 2.73 bits per heavy atom. The molecule has 1 aliphatic heterocycles. The van der Waals surface area contributed by atoms with E-state index in [2.05, 4.69) is 55.7 Å². The van der Waals surface area contributed by atoms with Gasteiger partial charge < -0.3 is 10.6 Å². The molecule has 1 heterocycles. The second kappa shape index (κ2) is 8.59. The molecule has 0 bridgehead atoms. The topological polar surface area (TPSA) is 41.1 Å². The fraction of sp³-hybridized carbons (Fsp3) is 0.611. The molecule has 0 spiro atoms. The van der Waals surface area contributed by atoms with Crippen LogP contribution >= 0.6 is 11.8 Å². The maximum atomic E-state index is 12.6. The second-order valence-electron chi connectivity index (χ2n) is 6.55. The van der Waals surface area contributed by atoms with Crippen molar-refractivity contribution >= 4 is 17.7 Å². The normalized spacial score (nSPS) is 23.3. The first-order chi connectivity index (χ1) is 10.6. The van der Waals surface area contributed by atoms with Crippen molar-refractivity contribution < 1.29 is 4.79 Å². The van der Waals surface area contributed by atoms with Crippen molar-refractivity contribution in [3.63, 3.8) is 0 Å². The van der Waals surface area contributed by atoms with Crippen LogP contribution < -0.4 is 10.6 Å². The first kappa shape index (κ1) is 17.4. The molecule has 0 aromatic heterocycles. The van der Waals surface area contributed by atoms with Crippen molar-refractivity contribution in [3.05, 3.63) is 35.9 Å². The lowest BCUT2D eigenvalue weighted by Gasteiger charge is -2.30. The van der Waals surface area contributed by atoms with Gasteiger partial charge >= 0.3 is 0 Å². The van der Waals surface area contributed by atoms with Gasteiger partial charge in [0, 0.05) is 17.8 Å². The van der Waals surface area contributed by atoms with Gasteiger partial charge in [0.05, 0.1) is 5.25 Å². The highest BCUT2D eigenvalue weighted by Gasteiger charge is 2.26. The molecule has 4 heteroatoms. The van der Waals surface area contributed by atoms with E-state index in [4.69, 9.17) is 0 Å². The predicted octanol–water partition coefficient (Wildman–Crippen LogP) is 3.20. The van der Waals surface area contributed by atoms with E-state index in [9.17, 15) is 4.79 Å². The number of benzene rings is 1. The van der Waals surface area contributed by atoms with Crippen molar-refractivity contribution in [2.75, 3.05) is 6.54 Å². The third kappa shape index (κ3) is 5.33. The van der Waals surface area contributed by atoms with Gasteiger partial charge in [0.2, 0.25) is 5.91 Å². The van der Waals surface area contributed by atoms with Gasteiger partial charge in [-0.15, -0.1) is 11.8 Å². The standard InChI is InChI=1S/C18H28N2OS/c1-13(2)17(22-12-15-7-5-4-6-8-15)18(21)20-16-9-10-19-14(3)11-16/h4-8,13-14,16-17,19H,9-12H2,1-3H3,(H,20,21). The molecule has 1 aromatic carbocycles. The first-order valence-corrected chi connectivity index (χ1v) is 9.30. The highest BCUT2D eigenvalue weighted by Crippen LogP contribution is 2.24. The molecule has 0 aliphatic carbocycles. The summed E-state index contributed by atoms with van der Waals surface area (Å²) in [7, 11) is 0. The predicted molar refractivity (Wildman–Crippen MR) is 95.0 cm³/mol. The highest BCUT2D eigenvalue weighted by molar-refractivity contribution is 7.99. The molecule has 1 amide bonds. The summed E-state index contributed by atoms with van der Waals surface area (Å²) in [5.74, 6) is 1.43. The van der Waals surface area contributed by atoms with Gasteiger partial charge in [0.25, 0.3) is 0 Å². The van der Waals surface area contributed by atoms with Crippen molar-refractivity contribution in [2.24, 2.45) is 5.92 Å². The zero-order valence-corrected chi connectivity index (χ0v) is 14.7. The molecule has 3 unspecified atom stereocenters. The monoisotopic (exact) mass is 320 g/mol. The quantitative estimate of drug-likeness (QED) is 0.846. The molecule has 0 saturated carbocycles. The van der Waals surface area contributed by atoms with Crippen LogP contribution in [-0.4, -0.2) is 29.8 Å². The summed E-state index contributed by atoms with van der Waals surface area (Å²) in [5, 5.41) is 6.71. The lowest BCUT2D eigenvalue weighted by Crippen LogP contribution is -2.49. The fourth-order valence-electron chi connectivity index (χ4n) is 2.88. The molecule has 122 valence electrons. The Kier molecular flexibility index (Phi) is 6.77. The molecule has 1 saturated heterocycles. The lowest BCUT2D eigenvalue weighted by molar-refractivity contribution is -0.122. The number of nitrogens with one attached hydrogen (secondary N) is 2. The van der Waals surface area contributed by atoms with Crippen LogP contribution in [-0.2, 0) is 10.5 Å². The molecule has 3 atom stereocenters. The molecular formula is C18H28N2OS. The summed E-state index contributed by atoms with van der Waals surface area (Å²) in [5.41, 5.74) is 1.28.